The monoisotopic (exact) mass is 361 g/mol. The highest BCUT2D eigenvalue weighted by atomic mass is 16.6. The molecule has 1 N–H and O–H groups in total. The number of nitrogens with one attached hydrogen (secondary N) is 1. The normalized spacial score (nSPS) is 11.9. The van der Waals surface area contributed by atoms with Crippen molar-refractivity contribution in [1.82, 2.24) is 5.16 Å². The van der Waals surface area contributed by atoms with Gasteiger partial charge in [0, 0.05) is 12.0 Å². The standard InChI is InChI=1S/C17H19N3O6/c1-9(2)15-14(10(3)19-26-15)17(22)25-11(4)16(21)18-12-7-5-6-8-13(12)20(23)24/h5-9,11H,1-4H3,(H,18,21)/t11-/m0/s1. The fourth-order valence-electron chi connectivity index (χ4n) is 2.28. The van der Waals surface area contributed by atoms with E-state index < -0.39 is 22.9 Å². The number of hydrogen-bond acceptors (Lipinski definition) is 7. The molecule has 26 heavy (non-hydrogen) atoms. The highest BCUT2D eigenvalue weighted by molar-refractivity contribution is 5.99. The molecule has 0 aliphatic heterocycles. The first-order chi connectivity index (χ1) is 12.2. The minimum Gasteiger partial charge on any atom is -0.449 e. The molecule has 2 rings (SSSR count). The molecule has 9 heteroatoms. The third-order valence-corrected chi connectivity index (χ3v) is 3.63. The number of carbonyl (C=O) groups excluding carboxylic acids is 2. The molecule has 1 aromatic heterocycles. The molecule has 9 nitrogen and oxygen atoms in total. The molecular formula is C17H19N3O6. The fraction of sp³-hybridized carbons (Fsp3) is 0.353. The number of aromatic nitrogens is 1. The minimum atomic E-state index is -1.17. The number of ether oxygens (including phenoxy) is 1. The Morgan fingerprint density at radius 3 is 2.54 bits per heavy atom. The first kappa shape index (κ1) is 19.1. The van der Waals surface area contributed by atoms with Crippen LogP contribution in [0.25, 0.3) is 0 Å². The number of benzene rings is 1. The molecule has 0 fully saturated rings. The van der Waals surface area contributed by atoms with Crippen molar-refractivity contribution in [2.75, 3.05) is 5.32 Å². The summed E-state index contributed by atoms with van der Waals surface area (Å²) >= 11 is 0. The Kier molecular flexibility index (Phi) is 5.71. The van der Waals surface area contributed by atoms with Crippen molar-refractivity contribution in [1.29, 1.82) is 0 Å². The Bertz CT molecular complexity index is 843. The largest absolute Gasteiger partial charge is 0.449 e. The predicted molar refractivity (Wildman–Crippen MR) is 91.9 cm³/mol. The number of nitrogens with zero attached hydrogens (tertiary/aromatic N) is 2. The summed E-state index contributed by atoms with van der Waals surface area (Å²) in [5.74, 6) is -1.14. The van der Waals surface area contributed by atoms with Gasteiger partial charge in [0.25, 0.3) is 11.6 Å². The molecule has 138 valence electrons. The Morgan fingerprint density at radius 2 is 1.92 bits per heavy atom. The predicted octanol–water partition coefficient (Wildman–Crippen LogP) is 3.20. The van der Waals surface area contributed by atoms with Crippen molar-refractivity contribution < 1.29 is 23.8 Å². The highest BCUT2D eigenvalue weighted by Crippen LogP contribution is 2.25. The van der Waals surface area contributed by atoms with E-state index in [9.17, 15) is 19.7 Å². The van der Waals surface area contributed by atoms with Gasteiger partial charge in [-0.1, -0.05) is 31.1 Å². The van der Waals surface area contributed by atoms with Gasteiger partial charge >= 0.3 is 5.97 Å². The number of nitro benzene ring substituents is 1. The topological polar surface area (TPSA) is 125 Å². The zero-order chi connectivity index (χ0) is 19.4. The number of aryl methyl sites for hydroxylation is 1. The molecule has 2 aromatic rings. The Balaban J connectivity index is 2.12. The van der Waals surface area contributed by atoms with E-state index in [0.29, 0.717) is 11.5 Å². The number of hydrogen-bond donors (Lipinski definition) is 1. The summed E-state index contributed by atoms with van der Waals surface area (Å²) in [5, 5.41) is 17.2. The van der Waals surface area contributed by atoms with E-state index in [4.69, 9.17) is 9.26 Å². The highest BCUT2D eigenvalue weighted by Gasteiger charge is 2.28. The molecule has 1 aromatic carbocycles. The minimum absolute atomic E-state index is 0.0226. The molecular weight excluding hydrogens is 342 g/mol. The van der Waals surface area contributed by atoms with Crippen LogP contribution in [0.3, 0.4) is 0 Å². The number of para-hydroxylation sites is 2. The summed E-state index contributed by atoms with van der Waals surface area (Å²) in [6.45, 7) is 6.65. The van der Waals surface area contributed by atoms with E-state index in [1.165, 1.54) is 25.1 Å². The van der Waals surface area contributed by atoms with Crippen LogP contribution in [0.4, 0.5) is 11.4 Å². The SMILES string of the molecule is Cc1noc(C(C)C)c1C(=O)O[C@@H](C)C(=O)Nc1ccccc1[N+](=O)[O-]. The molecule has 0 aliphatic carbocycles. The summed E-state index contributed by atoms with van der Waals surface area (Å²) in [7, 11) is 0. The van der Waals surface area contributed by atoms with Gasteiger partial charge in [0.2, 0.25) is 0 Å². The number of nitro groups is 1. The van der Waals surface area contributed by atoms with Gasteiger partial charge < -0.3 is 14.6 Å². The quantitative estimate of drug-likeness (QED) is 0.476. The van der Waals surface area contributed by atoms with Gasteiger partial charge in [0.05, 0.1) is 10.6 Å². The van der Waals surface area contributed by atoms with Crippen molar-refractivity contribution in [3.8, 4) is 0 Å². The summed E-state index contributed by atoms with van der Waals surface area (Å²) in [4.78, 5) is 35.0. The third kappa shape index (κ3) is 4.05. The summed E-state index contributed by atoms with van der Waals surface area (Å²) in [5.41, 5.74) is 0.320. The molecule has 0 unspecified atom stereocenters. The number of rotatable bonds is 6. The van der Waals surface area contributed by atoms with Crippen LogP contribution in [-0.2, 0) is 9.53 Å². The maximum atomic E-state index is 12.4. The van der Waals surface area contributed by atoms with Gasteiger partial charge in [-0.3, -0.25) is 14.9 Å². The van der Waals surface area contributed by atoms with Crippen LogP contribution in [0.2, 0.25) is 0 Å². The lowest BCUT2D eigenvalue weighted by Crippen LogP contribution is -2.30. The molecule has 1 heterocycles. The smallest absolute Gasteiger partial charge is 0.344 e. The lowest BCUT2D eigenvalue weighted by molar-refractivity contribution is -0.383. The molecule has 0 aliphatic rings. The summed E-state index contributed by atoms with van der Waals surface area (Å²) in [6, 6.07) is 5.70. The van der Waals surface area contributed by atoms with Crippen LogP contribution in [-0.4, -0.2) is 28.1 Å². The van der Waals surface area contributed by atoms with Gasteiger partial charge in [-0.05, 0) is 19.9 Å². The van der Waals surface area contributed by atoms with E-state index in [0.717, 1.165) is 0 Å². The van der Waals surface area contributed by atoms with Gasteiger partial charge in [0.15, 0.2) is 11.9 Å². The molecule has 0 saturated heterocycles. The lowest BCUT2D eigenvalue weighted by atomic mass is 10.1. The van der Waals surface area contributed by atoms with Crippen molar-refractivity contribution in [2.24, 2.45) is 0 Å². The van der Waals surface area contributed by atoms with Crippen molar-refractivity contribution in [2.45, 2.75) is 39.7 Å². The van der Waals surface area contributed by atoms with Crippen LogP contribution in [0, 0.1) is 17.0 Å². The van der Waals surface area contributed by atoms with Crippen molar-refractivity contribution in [3.05, 3.63) is 51.4 Å². The molecule has 1 atom stereocenters. The number of carbonyl (C=O) groups is 2. The zero-order valence-electron chi connectivity index (χ0n) is 14.8. The van der Waals surface area contributed by atoms with Crippen LogP contribution in [0.5, 0.6) is 0 Å². The second-order valence-electron chi connectivity index (χ2n) is 5.97. The molecule has 0 radical (unpaired) electrons. The molecule has 0 bridgehead atoms. The van der Waals surface area contributed by atoms with Crippen molar-refractivity contribution >= 4 is 23.3 Å². The average molecular weight is 361 g/mol. The van der Waals surface area contributed by atoms with Gasteiger partial charge in [-0.25, -0.2) is 4.79 Å². The van der Waals surface area contributed by atoms with Gasteiger partial charge in [0.1, 0.15) is 11.3 Å². The van der Waals surface area contributed by atoms with E-state index in [1.54, 1.807) is 13.0 Å². The Morgan fingerprint density at radius 1 is 1.27 bits per heavy atom. The summed E-state index contributed by atoms with van der Waals surface area (Å²) < 4.78 is 10.3. The summed E-state index contributed by atoms with van der Waals surface area (Å²) in [6.07, 6.45) is -1.17. The van der Waals surface area contributed by atoms with Crippen LogP contribution in [0.1, 0.15) is 48.5 Å². The zero-order valence-corrected chi connectivity index (χ0v) is 14.8. The van der Waals surface area contributed by atoms with E-state index in [1.807, 2.05) is 13.8 Å². The molecule has 1 amide bonds. The third-order valence-electron chi connectivity index (χ3n) is 3.63. The Hall–Kier alpha value is -3.23. The van der Waals surface area contributed by atoms with Crippen LogP contribution in [0.15, 0.2) is 28.8 Å². The number of amides is 1. The van der Waals surface area contributed by atoms with E-state index >= 15 is 0 Å². The maximum Gasteiger partial charge on any atom is 0.344 e. The van der Waals surface area contributed by atoms with Crippen LogP contribution < -0.4 is 5.32 Å². The van der Waals surface area contributed by atoms with E-state index in [-0.39, 0.29) is 22.9 Å². The van der Waals surface area contributed by atoms with Gasteiger partial charge in [-0.2, -0.15) is 0 Å². The van der Waals surface area contributed by atoms with E-state index in [2.05, 4.69) is 10.5 Å². The second-order valence-corrected chi connectivity index (χ2v) is 5.97. The second kappa shape index (κ2) is 7.77. The average Bonchev–Trinajstić information content (AvgIpc) is 2.97. The first-order valence-corrected chi connectivity index (χ1v) is 7.93. The molecule has 0 spiro atoms. The van der Waals surface area contributed by atoms with Crippen molar-refractivity contribution in [3.63, 3.8) is 0 Å². The maximum absolute atomic E-state index is 12.4. The van der Waals surface area contributed by atoms with Gasteiger partial charge in [-0.15, -0.1) is 0 Å². The van der Waals surface area contributed by atoms with Crippen LogP contribution >= 0.6 is 0 Å². The number of anilines is 1. The lowest BCUT2D eigenvalue weighted by Gasteiger charge is -2.14. The molecule has 0 saturated carbocycles. The fourth-order valence-corrected chi connectivity index (χ4v) is 2.28. The first-order valence-electron chi connectivity index (χ1n) is 7.93. The Labute approximate surface area is 149 Å². The number of esters is 1.